The van der Waals surface area contributed by atoms with Crippen LogP contribution in [-0.2, 0) is 4.79 Å². The van der Waals surface area contributed by atoms with Gasteiger partial charge >= 0.3 is 0 Å². The molecule has 0 atom stereocenters. The second kappa shape index (κ2) is 3.56. The van der Waals surface area contributed by atoms with Gasteiger partial charge in [0.25, 0.3) is 0 Å². The van der Waals surface area contributed by atoms with E-state index in [2.05, 4.69) is 15.3 Å². The Morgan fingerprint density at radius 2 is 2.25 bits per heavy atom. The molecule has 1 aromatic heterocycles. The van der Waals surface area contributed by atoms with Crippen LogP contribution in [0.1, 0.15) is 17.4 Å². The molecule has 1 aromatic rings. The lowest BCUT2D eigenvalue weighted by Gasteiger charge is -1.98. The summed E-state index contributed by atoms with van der Waals surface area (Å²) < 4.78 is 0. The van der Waals surface area contributed by atoms with Crippen molar-refractivity contribution in [1.29, 1.82) is 0 Å². The Morgan fingerprint density at radius 3 is 2.67 bits per heavy atom. The number of rotatable bonds is 2. The lowest BCUT2D eigenvalue weighted by atomic mass is 10.5. The van der Waals surface area contributed by atoms with Gasteiger partial charge in [0, 0.05) is 6.92 Å². The van der Waals surface area contributed by atoms with E-state index in [0.29, 0.717) is 12.1 Å². The third-order valence-electron chi connectivity index (χ3n) is 1.10. The Bertz CT molecular complexity index is 294. The van der Waals surface area contributed by atoms with E-state index in [9.17, 15) is 9.59 Å². The first-order chi connectivity index (χ1) is 5.72. The van der Waals surface area contributed by atoms with Gasteiger partial charge < -0.3 is 5.32 Å². The lowest BCUT2D eigenvalue weighted by Crippen LogP contribution is -2.07. The molecule has 62 valence electrons. The van der Waals surface area contributed by atoms with Gasteiger partial charge in [-0.3, -0.25) is 9.59 Å². The fourth-order valence-electron chi connectivity index (χ4n) is 0.644. The van der Waals surface area contributed by atoms with Crippen molar-refractivity contribution in [2.24, 2.45) is 0 Å². The SMILES string of the molecule is CC(=O)Nc1cnc(C=O)cn1. The van der Waals surface area contributed by atoms with Crippen LogP contribution in [0.15, 0.2) is 12.4 Å². The lowest BCUT2D eigenvalue weighted by molar-refractivity contribution is -0.114. The zero-order valence-electron chi connectivity index (χ0n) is 6.44. The summed E-state index contributed by atoms with van der Waals surface area (Å²) in [4.78, 5) is 28.1. The van der Waals surface area contributed by atoms with Gasteiger partial charge in [0.1, 0.15) is 5.69 Å². The summed E-state index contributed by atoms with van der Waals surface area (Å²) in [5, 5.41) is 2.43. The maximum absolute atomic E-state index is 10.5. The topological polar surface area (TPSA) is 72.0 Å². The molecule has 1 N–H and O–H groups in total. The molecule has 0 aliphatic rings. The number of hydrogen-bond donors (Lipinski definition) is 1. The summed E-state index contributed by atoms with van der Waals surface area (Å²) in [6, 6.07) is 0. The van der Waals surface area contributed by atoms with Gasteiger partial charge in [0.2, 0.25) is 5.91 Å². The molecule has 0 unspecified atom stereocenters. The summed E-state index contributed by atoms with van der Waals surface area (Å²) >= 11 is 0. The summed E-state index contributed by atoms with van der Waals surface area (Å²) in [6.07, 6.45) is 3.20. The highest BCUT2D eigenvalue weighted by Crippen LogP contribution is 1.98. The molecule has 1 heterocycles. The average Bonchev–Trinajstić information content (AvgIpc) is 2.05. The largest absolute Gasteiger partial charge is 0.310 e. The predicted octanol–water partition coefficient (Wildman–Crippen LogP) is 0.247. The first kappa shape index (κ1) is 8.32. The van der Waals surface area contributed by atoms with E-state index >= 15 is 0 Å². The minimum absolute atomic E-state index is 0.219. The van der Waals surface area contributed by atoms with Crippen molar-refractivity contribution in [3.63, 3.8) is 0 Å². The van der Waals surface area contributed by atoms with Crippen molar-refractivity contribution in [1.82, 2.24) is 9.97 Å². The van der Waals surface area contributed by atoms with Crippen LogP contribution in [0.25, 0.3) is 0 Å². The number of anilines is 1. The average molecular weight is 165 g/mol. The van der Waals surface area contributed by atoms with Crippen LogP contribution in [0.5, 0.6) is 0 Å². The number of nitrogens with one attached hydrogen (secondary N) is 1. The number of carbonyl (C=O) groups is 2. The van der Waals surface area contributed by atoms with E-state index in [1.807, 2.05) is 0 Å². The molecule has 0 aliphatic carbocycles. The molecule has 5 nitrogen and oxygen atoms in total. The molecule has 1 rings (SSSR count). The summed E-state index contributed by atoms with van der Waals surface area (Å²) in [5.74, 6) is 0.122. The van der Waals surface area contributed by atoms with Crippen LogP contribution in [0.3, 0.4) is 0 Å². The van der Waals surface area contributed by atoms with Crippen molar-refractivity contribution >= 4 is 18.0 Å². The number of amides is 1. The van der Waals surface area contributed by atoms with E-state index in [1.54, 1.807) is 0 Å². The predicted molar refractivity (Wildman–Crippen MR) is 41.7 cm³/mol. The number of hydrogen-bond acceptors (Lipinski definition) is 4. The standard InChI is InChI=1S/C7H7N3O2/c1-5(12)10-7-3-8-6(4-11)2-9-7/h2-4H,1H3,(H,9,10,12). The van der Waals surface area contributed by atoms with Crippen LogP contribution in [-0.4, -0.2) is 22.2 Å². The highest BCUT2D eigenvalue weighted by Gasteiger charge is 1.96. The van der Waals surface area contributed by atoms with Gasteiger partial charge in [0.05, 0.1) is 12.4 Å². The molecule has 0 fully saturated rings. The Balaban J connectivity index is 2.77. The zero-order chi connectivity index (χ0) is 8.97. The fraction of sp³-hybridized carbons (Fsp3) is 0.143. The maximum atomic E-state index is 10.5. The van der Waals surface area contributed by atoms with Crippen LogP contribution in [0, 0.1) is 0 Å². The molecule has 0 aliphatic heterocycles. The highest BCUT2D eigenvalue weighted by molar-refractivity contribution is 5.87. The number of nitrogens with zero attached hydrogens (tertiary/aromatic N) is 2. The zero-order valence-corrected chi connectivity index (χ0v) is 6.44. The number of carbonyl (C=O) groups excluding carboxylic acids is 2. The van der Waals surface area contributed by atoms with E-state index in [1.165, 1.54) is 19.3 Å². The molecule has 0 aromatic carbocycles. The number of aromatic nitrogens is 2. The van der Waals surface area contributed by atoms with Crippen molar-refractivity contribution in [2.75, 3.05) is 5.32 Å². The molecule has 0 saturated heterocycles. The third kappa shape index (κ3) is 2.12. The molecule has 0 bridgehead atoms. The van der Waals surface area contributed by atoms with Crippen molar-refractivity contribution < 1.29 is 9.59 Å². The molecule has 12 heavy (non-hydrogen) atoms. The molecule has 0 saturated carbocycles. The van der Waals surface area contributed by atoms with Gasteiger partial charge in [-0.2, -0.15) is 0 Å². The van der Waals surface area contributed by atoms with E-state index < -0.39 is 0 Å². The van der Waals surface area contributed by atoms with Gasteiger partial charge in [-0.25, -0.2) is 9.97 Å². The third-order valence-corrected chi connectivity index (χ3v) is 1.10. The van der Waals surface area contributed by atoms with Gasteiger partial charge in [-0.05, 0) is 0 Å². The maximum Gasteiger partial charge on any atom is 0.222 e. The fourth-order valence-corrected chi connectivity index (χ4v) is 0.644. The van der Waals surface area contributed by atoms with Gasteiger partial charge in [-0.1, -0.05) is 0 Å². The number of aldehydes is 1. The monoisotopic (exact) mass is 165 g/mol. The Kier molecular flexibility index (Phi) is 2.47. The van der Waals surface area contributed by atoms with E-state index in [4.69, 9.17) is 0 Å². The Morgan fingerprint density at radius 1 is 1.50 bits per heavy atom. The summed E-state index contributed by atoms with van der Waals surface area (Å²) in [7, 11) is 0. The van der Waals surface area contributed by atoms with Crippen LogP contribution in [0.2, 0.25) is 0 Å². The second-order valence-corrected chi connectivity index (χ2v) is 2.13. The molecular weight excluding hydrogens is 158 g/mol. The molecule has 5 heteroatoms. The smallest absolute Gasteiger partial charge is 0.222 e. The van der Waals surface area contributed by atoms with Gasteiger partial charge in [0.15, 0.2) is 12.1 Å². The molecule has 0 radical (unpaired) electrons. The van der Waals surface area contributed by atoms with E-state index in [0.717, 1.165) is 0 Å². The van der Waals surface area contributed by atoms with Crippen LogP contribution < -0.4 is 5.32 Å². The van der Waals surface area contributed by atoms with Crippen LogP contribution in [0.4, 0.5) is 5.82 Å². The quantitative estimate of drug-likeness (QED) is 0.637. The highest BCUT2D eigenvalue weighted by atomic mass is 16.1. The first-order valence-electron chi connectivity index (χ1n) is 3.27. The second-order valence-electron chi connectivity index (χ2n) is 2.13. The van der Waals surface area contributed by atoms with Crippen LogP contribution >= 0.6 is 0 Å². The normalized spacial score (nSPS) is 9.08. The van der Waals surface area contributed by atoms with Crippen molar-refractivity contribution in [2.45, 2.75) is 6.92 Å². The Hall–Kier alpha value is -1.78. The summed E-state index contributed by atoms with van der Waals surface area (Å²) in [6.45, 7) is 1.37. The Labute approximate surface area is 68.8 Å². The minimum atomic E-state index is -0.219. The molecule has 0 spiro atoms. The van der Waals surface area contributed by atoms with Gasteiger partial charge in [-0.15, -0.1) is 0 Å². The van der Waals surface area contributed by atoms with Crippen molar-refractivity contribution in [3.05, 3.63) is 18.1 Å². The van der Waals surface area contributed by atoms with Crippen molar-refractivity contribution in [3.8, 4) is 0 Å². The molecule has 1 amide bonds. The minimum Gasteiger partial charge on any atom is -0.310 e. The first-order valence-corrected chi connectivity index (χ1v) is 3.27. The molecular formula is C7H7N3O2. The van der Waals surface area contributed by atoms with E-state index in [-0.39, 0.29) is 11.6 Å². The summed E-state index contributed by atoms with van der Waals surface area (Å²) in [5.41, 5.74) is 0.240.